The standard InChI is InChI=1S/C37H33F2N5O4/c1-23(7-11-33(40)41-2)8-12-34(45)43-22-28-18-27-17-26(19-29(35(27)47-28)32-20-24-5-3-4-6-31(24)48-32)30-10-9-25(21-42-30)36(46)44-15-13-37(38,39)14-16-44/h3-12,17-21H,2,13-16,22,40H2,1H3,(H,43,45)/b12-8+,23-7+,33-11-. The van der Waals surface area contributed by atoms with E-state index in [0.717, 1.165) is 27.5 Å². The van der Waals surface area contributed by atoms with Gasteiger partial charge in [-0.25, -0.2) is 13.8 Å². The molecule has 11 heteroatoms. The minimum atomic E-state index is -2.74. The third kappa shape index (κ3) is 7.25. The molecule has 2 amide bonds. The number of amides is 2. The van der Waals surface area contributed by atoms with E-state index in [0.29, 0.717) is 33.9 Å². The molecule has 5 aromatic rings. The highest BCUT2D eigenvalue weighted by molar-refractivity contribution is 5.98. The number of pyridine rings is 1. The second-order valence-electron chi connectivity index (χ2n) is 11.6. The molecule has 1 aliphatic rings. The molecular weight excluding hydrogens is 616 g/mol. The number of nitrogens with one attached hydrogen (secondary N) is 1. The van der Waals surface area contributed by atoms with Crippen molar-refractivity contribution in [2.45, 2.75) is 32.2 Å². The first-order valence-corrected chi connectivity index (χ1v) is 15.3. The van der Waals surface area contributed by atoms with Crippen LogP contribution < -0.4 is 11.1 Å². The largest absolute Gasteiger partial charge is 0.458 e. The van der Waals surface area contributed by atoms with Gasteiger partial charge < -0.3 is 24.8 Å². The summed E-state index contributed by atoms with van der Waals surface area (Å²) in [6, 6.07) is 18.7. The Morgan fingerprint density at radius 1 is 1.04 bits per heavy atom. The third-order valence-corrected chi connectivity index (χ3v) is 8.08. The molecule has 1 aliphatic heterocycles. The average molecular weight is 650 g/mol. The number of hydrogen-bond donors (Lipinski definition) is 2. The number of halogens is 2. The number of allylic oxidation sites excluding steroid dienone is 4. The molecular formula is C37H33F2N5O4. The van der Waals surface area contributed by atoms with Gasteiger partial charge in [0.1, 0.15) is 28.5 Å². The van der Waals surface area contributed by atoms with E-state index in [9.17, 15) is 18.4 Å². The summed E-state index contributed by atoms with van der Waals surface area (Å²) in [6.45, 7) is 5.33. The Balaban J connectivity index is 1.27. The van der Waals surface area contributed by atoms with Crippen LogP contribution in [0.1, 0.15) is 35.9 Å². The van der Waals surface area contributed by atoms with Crippen LogP contribution in [0.25, 0.3) is 44.5 Å². The molecule has 0 aliphatic carbocycles. The molecule has 0 atom stereocenters. The minimum absolute atomic E-state index is 0.00252. The van der Waals surface area contributed by atoms with E-state index < -0.39 is 5.92 Å². The highest BCUT2D eigenvalue weighted by Gasteiger charge is 2.35. The lowest BCUT2D eigenvalue weighted by atomic mass is 10.0. The number of rotatable bonds is 9. The van der Waals surface area contributed by atoms with E-state index >= 15 is 0 Å². The maximum absolute atomic E-state index is 13.6. The van der Waals surface area contributed by atoms with Crippen molar-refractivity contribution in [3.8, 4) is 22.6 Å². The predicted molar refractivity (Wildman–Crippen MR) is 181 cm³/mol. The van der Waals surface area contributed by atoms with E-state index in [1.54, 1.807) is 30.4 Å². The van der Waals surface area contributed by atoms with Crippen molar-refractivity contribution in [2.24, 2.45) is 10.7 Å². The van der Waals surface area contributed by atoms with Crippen molar-refractivity contribution in [3.05, 3.63) is 114 Å². The van der Waals surface area contributed by atoms with Crippen LogP contribution in [0.4, 0.5) is 8.78 Å². The smallest absolute Gasteiger partial charge is 0.255 e. The van der Waals surface area contributed by atoms with Crippen molar-refractivity contribution < 1.29 is 27.2 Å². The number of carbonyl (C=O) groups is 2. The van der Waals surface area contributed by atoms with Crippen molar-refractivity contribution >= 4 is 40.5 Å². The highest BCUT2D eigenvalue weighted by Crippen LogP contribution is 2.38. The predicted octanol–water partition coefficient (Wildman–Crippen LogP) is 7.40. The number of fused-ring (bicyclic) bond motifs is 2. The van der Waals surface area contributed by atoms with Crippen molar-refractivity contribution in [2.75, 3.05) is 13.1 Å². The van der Waals surface area contributed by atoms with Gasteiger partial charge in [-0.1, -0.05) is 35.9 Å². The second kappa shape index (κ2) is 13.5. The Labute approximate surface area is 275 Å². The Bertz CT molecular complexity index is 2060. The normalized spacial score (nSPS) is 15.4. The maximum Gasteiger partial charge on any atom is 0.255 e. The second-order valence-corrected chi connectivity index (χ2v) is 11.6. The van der Waals surface area contributed by atoms with Gasteiger partial charge >= 0.3 is 0 Å². The van der Waals surface area contributed by atoms with Gasteiger partial charge in [0.15, 0.2) is 0 Å². The summed E-state index contributed by atoms with van der Waals surface area (Å²) < 4.78 is 39.7. The van der Waals surface area contributed by atoms with Crippen molar-refractivity contribution in [1.82, 2.24) is 15.2 Å². The molecule has 2 aromatic carbocycles. The number of hydrogen-bond acceptors (Lipinski definition) is 7. The number of piperidine rings is 1. The number of furan rings is 2. The first-order chi connectivity index (χ1) is 23.1. The lowest BCUT2D eigenvalue weighted by Gasteiger charge is -2.31. The molecule has 48 heavy (non-hydrogen) atoms. The summed E-state index contributed by atoms with van der Waals surface area (Å²) in [6.07, 6.45) is 7.17. The van der Waals surface area contributed by atoms with Gasteiger partial charge in [-0.05, 0) is 62.2 Å². The first-order valence-electron chi connectivity index (χ1n) is 15.3. The molecule has 9 nitrogen and oxygen atoms in total. The lowest BCUT2D eigenvalue weighted by Crippen LogP contribution is -2.42. The Morgan fingerprint density at radius 2 is 1.83 bits per heavy atom. The zero-order chi connectivity index (χ0) is 33.8. The van der Waals surface area contributed by atoms with E-state index in [1.807, 2.05) is 55.5 Å². The molecule has 0 saturated carbocycles. The molecule has 1 saturated heterocycles. The molecule has 3 aromatic heterocycles. The number of aromatic nitrogens is 1. The van der Waals surface area contributed by atoms with Gasteiger partial charge in [-0.3, -0.25) is 14.6 Å². The van der Waals surface area contributed by atoms with E-state index in [2.05, 4.69) is 22.0 Å². The SMILES string of the molecule is C=N\C(N)=C/C=C(C)/C=C/C(=O)NCc1cc2cc(-c3ccc(C(=O)N4CCC(F)(F)CC4)cn3)cc(-c3cc4ccccc4o3)c2o1. The van der Waals surface area contributed by atoms with Crippen LogP contribution >= 0.6 is 0 Å². The molecule has 0 radical (unpaired) electrons. The van der Waals surface area contributed by atoms with Crippen LogP contribution in [-0.4, -0.2) is 47.4 Å². The van der Waals surface area contributed by atoms with Crippen molar-refractivity contribution in [3.63, 3.8) is 0 Å². The van der Waals surface area contributed by atoms with Gasteiger partial charge in [0.2, 0.25) is 5.91 Å². The fourth-order valence-electron chi connectivity index (χ4n) is 5.42. The molecule has 0 bridgehead atoms. The summed E-state index contributed by atoms with van der Waals surface area (Å²) in [5, 5.41) is 4.53. The molecule has 6 rings (SSSR count). The fourth-order valence-corrected chi connectivity index (χ4v) is 5.42. The summed E-state index contributed by atoms with van der Waals surface area (Å²) in [5.74, 6) is -1.97. The summed E-state index contributed by atoms with van der Waals surface area (Å²) in [4.78, 5) is 35.1. The molecule has 3 N–H and O–H groups in total. The number of para-hydroxylation sites is 1. The highest BCUT2D eigenvalue weighted by atomic mass is 19.3. The Morgan fingerprint density at radius 3 is 2.56 bits per heavy atom. The van der Waals surface area contributed by atoms with Crippen LogP contribution in [0.15, 0.2) is 116 Å². The number of nitrogens with zero attached hydrogens (tertiary/aromatic N) is 3. The maximum atomic E-state index is 13.6. The van der Waals surface area contributed by atoms with E-state index in [-0.39, 0.29) is 50.1 Å². The number of aliphatic imine (C=N–C) groups is 1. The summed E-state index contributed by atoms with van der Waals surface area (Å²) in [7, 11) is 0. The number of likely N-dealkylation sites (tertiary alicyclic amines) is 1. The zero-order valence-electron chi connectivity index (χ0n) is 26.2. The number of carbonyl (C=O) groups excluding carboxylic acids is 2. The topological polar surface area (TPSA) is 127 Å². The lowest BCUT2D eigenvalue weighted by molar-refractivity contribution is -0.116. The molecule has 244 valence electrons. The fraction of sp³-hybridized carbons (Fsp3) is 0.189. The van der Waals surface area contributed by atoms with Crippen LogP contribution in [0.5, 0.6) is 0 Å². The number of benzene rings is 2. The van der Waals surface area contributed by atoms with Gasteiger partial charge in [0, 0.05) is 54.5 Å². The number of nitrogens with two attached hydrogens (primary N) is 1. The van der Waals surface area contributed by atoms with E-state index in [1.165, 1.54) is 17.2 Å². The van der Waals surface area contributed by atoms with Crippen LogP contribution in [0, 0.1) is 0 Å². The molecule has 4 heterocycles. The van der Waals surface area contributed by atoms with Gasteiger partial charge in [0.05, 0.1) is 23.4 Å². The van der Waals surface area contributed by atoms with Crippen LogP contribution in [0.2, 0.25) is 0 Å². The Kier molecular flexibility index (Phi) is 9.02. The summed E-state index contributed by atoms with van der Waals surface area (Å²) >= 11 is 0. The van der Waals surface area contributed by atoms with Gasteiger partial charge in [0.25, 0.3) is 11.8 Å². The average Bonchev–Trinajstić information content (AvgIpc) is 3.72. The minimum Gasteiger partial charge on any atom is -0.458 e. The third-order valence-electron chi connectivity index (χ3n) is 8.08. The first kappa shape index (κ1) is 32.1. The Hall–Kier alpha value is -5.84. The zero-order valence-corrected chi connectivity index (χ0v) is 26.2. The van der Waals surface area contributed by atoms with Gasteiger partial charge in [-0.2, -0.15) is 0 Å². The number of alkyl halides is 2. The monoisotopic (exact) mass is 649 g/mol. The van der Waals surface area contributed by atoms with Crippen LogP contribution in [-0.2, 0) is 11.3 Å². The van der Waals surface area contributed by atoms with Crippen molar-refractivity contribution in [1.29, 1.82) is 0 Å². The van der Waals surface area contributed by atoms with Gasteiger partial charge in [-0.15, -0.1) is 0 Å². The summed E-state index contributed by atoms with van der Waals surface area (Å²) in [5.41, 5.74) is 10.1. The van der Waals surface area contributed by atoms with E-state index in [4.69, 9.17) is 14.6 Å². The molecule has 0 unspecified atom stereocenters. The quantitative estimate of drug-likeness (QED) is 0.0974. The molecule has 1 fully saturated rings. The van der Waals surface area contributed by atoms with Crippen LogP contribution in [0.3, 0.4) is 0 Å². The molecule has 0 spiro atoms.